The van der Waals surface area contributed by atoms with Crippen molar-refractivity contribution in [3.05, 3.63) is 59.2 Å². The number of anilines is 2. The van der Waals surface area contributed by atoms with Crippen molar-refractivity contribution >= 4 is 29.0 Å². The Morgan fingerprint density at radius 1 is 0.846 bits per heavy atom. The molecule has 1 aliphatic carbocycles. The number of ketones is 1. The Morgan fingerprint density at radius 2 is 1.42 bits per heavy atom. The Balaban J connectivity index is 1.59. The van der Waals surface area contributed by atoms with Crippen LogP contribution >= 0.6 is 0 Å². The monoisotopic (exact) mass is 350 g/mol. The fourth-order valence-corrected chi connectivity index (χ4v) is 3.11. The molecule has 2 N–H and O–H groups in total. The summed E-state index contributed by atoms with van der Waals surface area (Å²) in [6, 6.07) is 12.7. The number of rotatable bonds is 5. The van der Waals surface area contributed by atoms with E-state index in [2.05, 4.69) is 10.6 Å². The van der Waals surface area contributed by atoms with E-state index < -0.39 is 0 Å². The first-order valence-electron chi connectivity index (χ1n) is 8.64. The summed E-state index contributed by atoms with van der Waals surface area (Å²) < 4.78 is 0. The molecule has 2 aromatic carbocycles. The molecule has 0 heterocycles. The van der Waals surface area contributed by atoms with Gasteiger partial charge in [-0.25, -0.2) is 0 Å². The lowest BCUT2D eigenvalue weighted by molar-refractivity contribution is -0.122. The molecule has 0 radical (unpaired) electrons. The number of hydrogen-bond acceptors (Lipinski definition) is 3. The summed E-state index contributed by atoms with van der Waals surface area (Å²) in [6.07, 6.45) is 0.537. The first-order valence-corrected chi connectivity index (χ1v) is 8.64. The Morgan fingerprint density at radius 3 is 2.00 bits per heavy atom. The molecular formula is C21H22N2O3. The summed E-state index contributed by atoms with van der Waals surface area (Å²) >= 11 is 0. The van der Waals surface area contributed by atoms with E-state index in [4.69, 9.17) is 0 Å². The first-order chi connectivity index (χ1) is 12.3. The van der Waals surface area contributed by atoms with Crippen molar-refractivity contribution in [1.29, 1.82) is 0 Å². The van der Waals surface area contributed by atoms with Crippen LogP contribution in [0.25, 0.3) is 0 Å². The molecular weight excluding hydrogens is 328 g/mol. The van der Waals surface area contributed by atoms with Gasteiger partial charge in [0, 0.05) is 16.9 Å². The maximum absolute atomic E-state index is 12.4. The molecule has 2 amide bonds. The van der Waals surface area contributed by atoms with Gasteiger partial charge in [0.15, 0.2) is 5.78 Å². The van der Waals surface area contributed by atoms with Crippen molar-refractivity contribution in [2.75, 3.05) is 10.6 Å². The lowest BCUT2D eigenvalue weighted by atomic mass is 10.1. The molecule has 134 valence electrons. The molecule has 2 aromatic rings. The third-order valence-corrected chi connectivity index (χ3v) is 4.49. The third-order valence-electron chi connectivity index (χ3n) is 4.49. The number of amides is 2. The summed E-state index contributed by atoms with van der Waals surface area (Å²) in [4.78, 5) is 36.2. The number of carbonyl (C=O) groups excluding carboxylic acids is 3. The number of carbonyl (C=O) groups is 3. The van der Waals surface area contributed by atoms with Gasteiger partial charge < -0.3 is 10.6 Å². The summed E-state index contributed by atoms with van der Waals surface area (Å²) in [5.41, 5.74) is 4.03. The van der Waals surface area contributed by atoms with E-state index in [9.17, 15) is 14.4 Å². The molecule has 0 bridgehead atoms. The number of nitrogens with one attached hydrogen (secondary N) is 2. The van der Waals surface area contributed by atoms with Crippen LogP contribution in [-0.4, -0.2) is 17.6 Å². The Bertz CT molecular complexity index is 868. The largest absolute Gasteiger partial charge is 0.326 e. The lowest BCUT2D eigenvalue weighted by Crippen LogP contribution is -2.20. The van der Waals surface area contributed by atoms with E-state index in [1.807, 2.05) is 32.0 Å². The first kappa shape index (κ1) is 17.9. The number of benzene rings is 2. The van der Waals surface area contributed by atoms with Crippen LogP contribution in [0.3, 0.4) is 0 Å². The molecule has 26 heavy (non-hydrogen) atoms. The predicted molar refractivity (Wildman–Crippen MR) is 101 cm³/mol. The zero-order valence-electron chi connectivity index (χ0n) is 15.1. The third kappa shape index (κ3) is 4.17. The van der Waals surface area contributed by atoms with Gasteiger partial charge in [-0.2, -0.15) is 0 Å². The zero-order chi connectivity index (χ0) is 18.8. The van der Waals surface area contributed by atoms with Crippen LogP contribution in [0.1, 0.15) is 34.8 Å². The minimum Gasteiger partial charge on any atom is -0.326 e. The van der Waals surface area contributed by atoms with Gasteiger partial charge in [0.25, 0.3) is 0 Å². The smallest absolute Gasteiger partial charge is 0.228 e. The second-order valence-electron chi connectivity index (χ2n) is 6.94. The van der Waals surface area contributed by atoms with E-state index in [1.54, 1.807) is 24.3 Å². The van der Waals surface area contributed by atoms with E-state index in [0.717, 1.165) is 16.8 Å². The number of hydrogen-bond donors (Lipinski definition) is 2. The molecule has 0 spiro atoms. The van der Waals surface area contributed by atoms with Crippen LogP contribution in [0.15, 0.2) is 42.5 Å². The van der Waals surface area contributed by atoms with Crippen LogP contribution in [0.5, 0.6) is 0 Å². The van der Waals surface area contributed by atoms with Crippen molar-refractivity contribution in [2.24, 2.45) is 11.8 Å². The maximum atomic E-state index is 12.4. The molecule has 2 atom stereocenters. The summed E-state index contributed by atoms with van der Waals surface area (Å²) in [6.45, 7) is 5.44. The second-order valence-corrected chi connectivity index (χ2v) is 6.94. The minimum atomic E-state index is -0.332. The fraction of sp³-hybridized carbons (Fsp3) is 0.286. The highest BCUT2D eigenvalue weighted by Gasteiger charge is 2.48. The van der Waals surface area contributed by atoms with Gasteiger partial charge in [0.1, 0.15) is 0 Å². The molecule has 3 rings (SSSR count). The Labute approximate surface area is 152 Å². The van der Waals surface area contributed by atoms with Crippen molar-refractivity contribution in [1.82, 2.24) is 0 Å². The van der Waals surface area contributed by atoms with Crippen molar-refractivity contribution in [3.63, 3.8) is 0 Å². The van der Waals surface area contributed by atoms with Gasteiger partial charge in [0.05, 0.1) is 11.8 Å². The molecule has 2 unspecified atom stereocenters. The summed E-state index contributed by atoms with van der Waals surface area (Å²) in [5.74, 6) is -1.02. The fourth-order valence-electron chi connectivity index (χ4n) is 3.11. The van der Waals surface area contributed by atoms with Crippen LogP contribution < -0.4 is 10.6 Å². The van der Waals surface area contributed by atoms with Crippen molar-refractivity contribution < 1.29 is 14.4 Å². The highest BCUT2D eigenvalue weighted by atomic mass is 16.2. The SMILES string of the molecule is CC(=O)c1cccc(NC(=O)C2CC2C(=O)Nc2cc(C)cc(C)c2)c1. The van der Waals surface area contributed by atoms with E-state index in [-0.39, 0.29) is 29.4 Å². The average molecular weight is 350 g/mol. The van der Waals surface area contributed by atoms with Gasteiger partial charge in [-0.3, -0.25) is 14.4 Å². The predicted octanol–water partition coefficient (Wildman–Crippen LogP) is 3.72. The maximum Gasteiger partial charge on any atom is 0.228 e. The normalized spacial score (nSPS) is 18.1. The average Bonchev–Trinajstić information content (AvgIpc) is 3.35. The number of aryl methyl sites for hydroxylation is 2. The Kier molecular flexibility index (Phi) is 4.89. The van der Waals surface area contributed by atoms with Gasteiger partial charge in [0.2, 0.25) is 11.8 Å². The van der Waals surface area contributed by atoms with Crippen LogP contribution in [0.4, 0.5) is 11.4 Å². The molecule has 0 aromatic heterocycles. The van der Waals surface area contributed by atoms with Crippen LogP contribution in [-0.2, 0) is 9.59 Å². The van der Waals surface area contributed by atoms with E-state index in [0.29, 0.717) is 17.7 Å². The lowest BCUT2D eigenvalue weighted by Gasteiger charge is -2.08. The summed E-state index contributed by atoms with van der Waals surface area (Å²) in [5, 5.41) is 5.69. The second kappa shape index (κ2) is 7.12. The molecule has 5 nitrogen and oxygen atoms in total. The molecule has 1 saturated carbocycles. The van der Waals surface area contributed by atoms with Crippen LogP contribution in [0.2, 0.25) is 0 Å². The highest BCUT2D eigenvalue weighted by molar-refractivity contribution is 6.04. The highest BCUT2D eigenvalue weighted by Crippen LogP contribution is 2.40. The molecule has 0 saturated heterocycles. The molecule has 1 fully saturated rings. The quantitative estimate of drug-likeness (QED) is 0.807. The topological polar surface area (TPSA) is 75.3 Å². The van der Waals surface area contributed by atoms with Gasteiger partial charge in [-0.1, -0.05) is 18.2 Å². The van der Waals surface area contributed by atoms with Gasteiger partial charge >= 0.3 is 0 Å². The standard InChI is InChI=1S/C21H22N2O3/c1-12-7-13(2)9-17(8-12)23-21(26)19-11-18(19)20(25)22-16-6-4-5-15(10-16)14(3)24/h4-10,18-19H,11H2,1-3H3,(H,22,25)(H,23,26). The molecule has 1 aliphatic rings. The zero-order valence-corrected chi connectivity index (χ0v) is 15.1. The van der Waals surface area contributed by atoms with E-state index in [1.165, 1.54) is 6.92 Å². The van der Waals surface area contributed by atoms with Crippen molar-refractivity contribution in [2.45, 2.75) is 27.2 Å². The van der Waals surface area contributed by atoms with Gasteiger partial charge in [-0.15, -0.1) is 0 Å². The van der Waals surface area contributed by atoms with Crippen molar-refractivity contribution in [3.8, 4) is 0 Å². The Hall–Kier alpha value is -2.95. The van der Waals surface area contributed by atoms with E-state index >= 15 is 0 Å². The summed E-state index contributed by atoms with van der Waals surface area (Å²) in [7, 11) is 0. The van der Waals surface area contributed by atoms with Crippen LogP contribution in [0, 0.1) is 25.7 Å². The molecule has 0 aliphatic heterocycles. The van der Waals surface area contributed by atoms with Gasteiger partial charge in [-0.05, 0) is 62.6 Å². The molecule has 5 heteroatoms. The minimum absolute atomic E-state index is 0.0572. The number of Topliss-reactive ketones (excluding diaryl/α,β-unsaturated/α-hetero) is 1.